The first-order valence-corrected chi connectivity index (χ1v) is 12.1. The van der Waals surface area contributed by atoms with E-state index in [9.17, 15) is 14.9 Å². The average molecular weight is 520 g/mol. The van der Waals surface area contributed by atoms with Crippen LogP contribution in [0.3, 0.4) is 0 Å². The van der Waals surface area contributed by atoms with Crippen molar-refractivity contribution in [2.24, 2.45) is 5.73 Å². The van der Waals surface area contributed by atoms with E-state index < -0.39 is 17.9 Å². The number of hydrogen-bond donors (Lipinski definition) is 2. The Bertz CT molecular complexity index is 1710. The number of rotatable bonds is 5. The van der Waals surface area contributed by atoms with Crippen LogP contribution in [0.2, 0.25) is 0 Å². The van der Waals surface area contributed by atoms with Crippen LogP contribution in [-0.2, 0) is 19.1 Å². The molecule has 9 nitrogen and oxygen atoms in total. The molecule has 0 radical (unpaired) electrons. The van der Waals surface area contributed by atoms with Crippen LogP contribution < -0.4 is 10.6 Å². The highest BCUT2D eigenvalue weighted by atomic mass is 16.5. The molecule has 1 aliphatic rings. The summed E-state index contributed by atoms with van der Waals surface area (Å²) in [4.78, 5) is 35.9. The van der Waals surface area contributed by atoms with Crippen molar-refractivity contribution in [2.75, 3.05) is 19.1 Å². The number of carbonyl (C=O) groups excluding carboxylic acids is 2. The van der Waals surface area contributed by atoms with E-state index in [1.165, 1.54) is 19.1 Å². The molecular formula is C30H25N5O4. The summed E-state index contributed by atoms with van der Waals surface area (Å²) < 4.78 is 10.2. The summed E-state index contributed by atoms with van der Waals surface area (Å²) >= 11 is 0. The van der Waals surface area contributed by atoms with Gasteiger partial charge in [0.2, 0.25) is 0 Å². The van der Waals surface area contributed by atoms with Crippen LogP contribution in [0.15, 0.2) is 95.5 Å². The van der Waals surface area contributed by atoms with E-state index >= 15 is 0 Å². The van der Waals surface area contributed by atoms with Gasteiger partial charge in [0, 0.05) is 11.3 Å². The van der Waals surface area contributed by atoms with Gasteiger partial charge in [-0.15, -0.1) is 0 Å². The molecule has 39 heavy (non-hydrogen) atoms. The lowest BCUT2D eigenvalue weighted by molar-refractivity contribution is -0.139. The number of aromatic nitrogens is 2. The number of fused-ring (bicyclic) bond motifs is 1. The fraction of sp³-hybridized carbons (Fsp3) is 0.133. The number of aryl methyl sites for hydroxylation is 1. The number of benzene rings is 3. The van der Waals surface area contributed by atoms with E-state index in [0.29, 0.717) is 22.6 Å². The number of carbonyl (C=O) groups is 2. The fourth-order valence-corrected chi connectivity index (χ4v) is 4.83. The van der Waals surface area contributed by atoms with Gasteiger partial charge in [-0.25, -0.2) is 14.6 Å². The number of hydrogen-bond acceptors (Lipinski definition) is 8. The predicted molar refractivity (Wildman–Crippen MR) is 146 cm³/mol. The maximum absolute atomic E-state index is 13.3. The SMILES string of the molecule is COC(=O)C1=C(C(=O)OC)N(c2cccc(-c3nc4ccc(C)cc4[nH]3)c2)C(N)=C(C#N)C1c1ccccc1. The second kappa shape index (κ2) is 10.2. The first-order chi connectivity index (χ1) is 18.9. The Morgan fingerprint density at radius 3 is 2.44 bits per heavy atom. The van der Waals surface area contributed by atoms with Crippen molar-refractivity contribution < 1.29 is 19.1 Å². The topological polar surface area (TPSA) is 134 Å². The lowest BCUT2D eigenvalue weighted by atomic mass is 9.81. The Morgan fingerprint density at radius 1 is 1.00 bits per heavy atom. The van der Waals surface area contributed by atoms with Crippen molar-refractivity contribution >= 4 is 28.7 Å². The zero-order chi connectivity index (χ0) is 27.7. The van der Waals surface area contributed by atoms with E-state index in [2.05, 4.69) is 11.1 Å². The summed E-state index contributed by atoms with van der Waals surface area (Å²) in [5.74, 6) is -1.91. The van der Waals surface area contributed by atoms with E-state index in [4.69, 9.17) is 20.2 Å². The highest BCUT2D eigenvalue weighted by molar-refractivity contribution is 6.06. The second-order valence-corrected chi connectivity index (χ2v) is 8.99. The number of aromatic amines is 1. The molecule has 194 valence electrons. The van der Waals surface area contributed by atoms with Crippen LogP contribution in [0.25, 0.3) is 22.4 Å². The minimum atomic E-state index is -0.934. The maximum atomic E-state index is 13.3. The predicted octanol–water partition coefficient (Wildman–Crippen LogP) is 4.44. The first kappa shape index (κ1) is 25.3. The number of nitrogens with zero attached hydrogens (tertiary/aromatic N) is 3. The minimum absolute atomic E-state index is 0.00298. The largest absolute Gasteiger partial charge is 0.466 e. The fourth-order valence-electron chi connectivity index (χ4n) is 4.83. The number of nitrogens with one attached hydrogen (secondary N) is 1. The molecule has 0 saturated heterocycles. The van der Waals surface area contributed by atoms with Crippen molar-refractivity contribution in [3.05, 3.63) is 107 Å². The first-order valence-electron chi connectivity index (χ1n) is 12.1. The third kappa shape index (κ3) is 4.38. The minimum Gasteiger partial charge on any atom is -0.466 e. The average Bonchev–Trinajstić information content (AvgIpc) is 3.39. The van der Waals surface area contributed by atoms with Crippen LogP contribution in [0, 0.1) is 18.3 Å². The Morgan fingerprint density at radius 2 is 1.74 bits per heavy atom. The van der Waals surface area contributed by atoms with Crippen molar-refractivity contribution in [2.45, 2.75) is 12.8 Å². The normalized spacial score (nSPS) is 15.3. The number of nitrogens with two attached hydrogens (primary N) is 1. The lowest BCUT2D eigenvalue weighted by Gasteiger charge is -2.36. The molecule has 0 spiro atoms. The molecule has 5 rings (SSSR count). The highest BCUT2D eigenvalue weighted by Crippen LogP contribution is 2.43. The molecule has 1 aromatic heterocycles. The molecule has 1 atom stereocenters. The van der Waals surface area contributed by atoms with Crippen LogP contribution in [0.5, 0.6) is 0 Å². The van der Waals surface area contributed by atoms with Crippen LogP contribution >= 0.6 is 0 Å². The molecule has 3 N–H and O–H groups in total. The zero-order valence-corrected chi connectivity index (χ0v) is 21.6. The van der Waals surface area contributed by atoms with E-state index in [1.807, 2.05) is 37.3 Å². The zero-order valence-electron chi connectivity index (χ0n) is 21.6. The Hall–Kier alpha value is -5.36. The van der Waals surface area contributed by atoms with E-state index in [-0.39, 0.29) is 22.7 Å². The van der Waals surface area contributed by atoms with E-state index in [1.54, 1.807) is 42.5 Å². The highest BCUT2D eigenvalue weighted by Gasteiger charge is 2.43. The molecule has 0 fully saturated rings. The maximum Gasteiger partial charge on any atom is 0.355 e. The van der Waals surface area contributed by atoms with E-state index in [0.717, 1.165) is 16.6 Å². The molecule has 1 aliphatic heterocycles. The summed E-state index contributed by atoms with van der Waals surface area (Å²) in [5, 5.41) is 10.2. The number of anilines is 1. The Kier molecular flexibility index (Phi) is 6.61. The number of methoxy groups -OCH3 is 2. The number of imidazole rings is 1. The monoisotopic (exact) mass is 519 g/mol. The molecule has 3 aromatic carbocycles. The van der Waals surface area contributed by atoms with Gasteiger partial charge in [0.1, 0.15) is 17.3 Å². The number of esters is 2. The van der Waals surface area contributed by atoms with Gasteiger partial charge < -0.3 is 20.2 Å². The summed E-state index contributed by atoms with van der Waals surface area (Å²) in [6.45, 7) is 2.00. The Labute approximate surface area is 224 Å². The quantitative estimate of drug-likeness (QED) is 0.370. The molecule has 2 heterocycles. The summed E-state index contributed by atoms with van der Waals surface area (Å²) in [7, 11) is 2.43. The standard InChI is InChI=1S/C30H25N5O4/c1-17-12-13-22-23(14-17)34-28(33-22)19-10-7-11-20(15-19)35-26(30(37)39-3)25(29(36)38-2)24(21(16-31)27(35)32)18-8-5-4-6-9-18/h4-15,24H,32H2,1-3H3,(H,33,34). The van der Waals surface area contributed by atoms with Gasteiger partial charge in [0.25, 0.3) is 0 Å². The molecule has 0 amide bonds. The molecular weight excluding hydrogens is 494 g/mol. The van der Waals surface area contributed by atoms with Gasteiger partial charge in [-0.1, -0.05) is 48.5 Å². The third-order valence-corrected chi connectivity index (χ3v) is 6.63. The summed E-state index contributed by atoms with van der Waals surface area (Å²) in [5.41, 5.74) is 11.1. The summed E-state index contributed by atoms with van der Waals surface area (Å²) in [6.07, 6.45) is 0. The van der Waals surface area contributed by atoms with Gasteiger partial charge in [-0.2, -0.15) is 5.26 Å². The van der Waals surface area contributed by atoms with Crippen molar-refractivity contribution in [1.29, 1.82) is 5.26 Å². The molecule has 0 bridgehead atoms. The van der Waals surface area contributed by atoms with Gasteiger partial charge in [-0.05, 0) is 42.3 Å². The lowest BCUT2D eigenvalue weighted by Crippen LogP contribution is -2.40. The number of H-pyrrole nitrogens is 1. The smallest absolute Gasteiger partial charge is 0.355 e. The molecule has 4 aromatic rings. The van der Waals surface area contributed by atoms with Gasteiger partial charge in [0.15, 0.2) is 0 Å². The van der Waals surface area contributed by atoms with Gasteiger partial charge in [-0.3, -0.25) is 4.90 Å². The van der Waals surface area contributed by atoms with Gasteiger partial charge >= 0.3 is 11.9 Å². The van der Waals surface area contributed by atoms with Crippen molar-refractivity contribution in [1.82, 2.24) is 9.97 Å². The molecule has 9 heteroatoms. The van der Waals surface area contributed by atoms with Crippen molar-refractivity contribution in [3.8, 4) is 17.5 Å². The molecule has 1 unspecified atom stereocenters. The van der Waals surface area contributed by atoms with Gasteiger partial charge in [0.05, 0.1) is 48.4 Å². The third-order valence-electron chi connectivity index (χ3n) is 6.63. The Balaban J connectivity index is 1.74. The summed E-state index contributed by atoms with van der Waals surface area (Å²) in [6, 6.07) is 24.1. The second-order valence-electron chi connectivity index (χ2n) is 8.99. The molecule has 0 aliphatic carbocycles. The number of nitriles is 1. The van der Waals surface area contributed by atoms with Crippen molar-refractivity contribution in [3.63, 3.8) is 0 Å². The molecule has 0 saturated carbocycles. The van der Waals surface area contributed by atoms with Crippen LogP contribution in [0.1, 0.15) is 17.0 Å². The number of ether oxygens (including phenoxy) is 2. The number of allylic oxidation sites excluding steroid dienone is 1. The van der Waals surface area contributed by atoms with Crippen LogP contribution in [0.4, 0.5) is 5.69 Å². The van der Waals surface area contributed by atoms with Crippen LogP contribution in [-0.4, -0.2) is 36.1 Å².